The van der Waals surface area contributed by atoms with Gasteiger partial charge in [-0.05, 0) is 55.2 Å². The Morgan fingerprint density at radius 3 is 2.57 bits per heavy atom. The summed E-state index contributed by atoms with van der Waals surface area (Å²) in [7, 11) is 1.49. The van der Waals surface area contributed by atoms with Crippen LogP contribution in [-0.4, -0.2) is 46.8 Å². The van der Waals surface area contributed by atoms with Gasteiger partial charge in [0.05, 0.1) is 7.11 Å². The lowest BCUT2D eigenvalue weighted by molar-refractivity contribution is -0.127. The summed E-state index contributed by atoms with van der Waals surface area (Å²) in [5, 5.41) is 22.4. The van der Waals surface area contributed by atoms with E-state index < -0.39 is 6.09 Å². The molecule has 2 aliphatic rings. The average Bonchev–Trinajstić information content (AvgIpc) is 2.77. The highest BCUT2D eigenvalue weighted by Crippen LogP contribution is 2.38. The molecule has 3 rings (SSSR count). The van der Waals surface area contributed by atoms with E-state index in [-0.39, 0.29) is 23.6 Å². The van der Waals surface area contributed by atoms with Crippen LogP contribution in [0.3, 0.4) is 0 Å². The number of hydrogen-bond acceptors (Lipinski definition) is 4. The smallest absolute Gasteiger partial charge is 0.407 e. The third kappa shape index (κ3) is 5.18. The Labute approximate surface area is 178 Å². The highest BCUT2D eigenvalue weighted by Gasteiger charge is 2.39. The minimum atomic E-state index is -0.868. The summed E-state index contributed by atoms with van der Waals surface area (Å²) in [6.45, 7) is 2.99. The molecule has 1 aliphatic carbocycles. The second-order valence-corrected chi connectivity index (χ2v) is 8.68. The number of methoxy groups -OCH3 is 1. The molecule has 1 heterocycles. The number of benzene rings is 1. The molecule has 30 heavy (non-hydrogen) atoms. The number of aromatic hydroxyl groups is 1. The fourth-order valence-electron chi connectivity index (χ4n) is 5.07. The monoisotopic (exact) mass is 418 g/mol. The van der Waals surface area contributed by atoms with E-state index in [1.54, 1.807) is 23.1 Å². The second kappa shape index (κ2) is 10.0. The molecule has 1 aliphatic heterocycles. The first-order valence-corrected chi connectivity index (χ1v) is 11.1. The summed E-state index contributed by atoms with van der Waals surface area (Å²) < 4.78 is 5.12. The van der Waals surface area contributed by atoms with Crippen molar-refractivity contribution in [1.82, 2.24) is 10.2 Å². The van der Waals surface area contributed by atoms with Crippen LogP contribution in [0.15, 0.2) is 18.2 Å². The molecule has 3 N–H and O–H groups in total. The van der Waals surface area contributed by atoms with Crippen molar-refractivity contribution < 1.29 is 24.5 Å². The van der Waals surface area contributed by atoms with Gasteiger partial charge in [-0.25, -0.2) is 4.79 Å². The van der Waals surface area contributed by atoms with Gasteiger partial charge in [0.15, 0.2) is 11.5 Å². The van der Waals surface area contributed by atoms with E-state index in [1.165, 1.54) is 13.5 Å². The standard InChI is InChI=1S/C23H34N2O5/c1-3-15-4-7-17(8-5-15)19-13-18(10-11-25(19)23(28)29)22(27)24-14-16-6-9-20(26)21(12-16)30-2/h6,9,12,15,17-19,26H,3-5,7-8,10-11,13-14H2,1-2H3,(H,24,27)(H,28,29). The first-order chi connectivity index (χ1) is 14.4. The van der Waals surface area contributed by atoms with E-state index in [2.05, 4.69) is 12.2 Å². The van der Waals surface area contributed by atoms with E-state index in [4.69, 9.17) is 4.74 Å². The van der Waals surface area contributed by atoms with Crippen LogP contribution in [-0.2, 0) is 11.3 Å². The number of likely N-dealkylation sites (tertiary alicyclic amines) is 1. The van der Waals surface area contributed by atoms with Crippen molar-refractivity contribution in [2.24, 2.45) is 17.8 Å². The Hall–Kier alpha value is -2.44. The predicted molar refractivity (Wildman–Crippen MR) is 113 cm³/mol. The van der Waals surface area contributed by atoms with Crippen molar-refractivity contribution in [3.05, 3.63) is 23.8 Å². The Balaban J connectivity index is 1.60. The predicted octanol–water partition coefficient (Wildman–Crippen LogP) is 3.99. The highest BCUT2D eigenvalue weighted by molar-refractivity contribution is 5.79. The first kappa shape index (κ1) is 22.2. The van der Waals surface area contributed by atoms with Gasteiger partial charge >= 0.3 is 6.09 Å². The maximum atomic E-state index is 12.8. The van der Waals surface area contributed by atoms with Gasteiger partial charge in [-0.3, -0.25) is 4.79 Å². The number of carbonyl (C=O) groups is 2. The lowest BCUT2D eigenvalue weighted by atomic mass is 9.73. The van der Waals surface area contributed by atoms with Crippen molar-refractivity contribution in [1.29, 1.82) is 0 Å². The zero-order chi connectivity index (χ0) is 21.7. The number of hydrogen-bond donors (Lipinski definition) is 3. The molecule has 1 aromatic carbocycles. The van der Waals surface area contributed by atoms with Crippen molar-refractivity contribution in [3.63, 3.8) is 0 Å². The third-order valence-corrected chi connectivity index (χ3v) is 6.99. The van der Waals surface area contributed by atoms with E-state index in [9.17, 15) is 19.8 Å². The lowest BCUT2D eigenvalue weighted by Crippen LogP contribution is -2.52. The Morgan fingerprint density at radius 1 is 1.20 bits per heavy atom. The zero-order valence-corrected chi connectivity index (χ0v) is 18.0. The molecule has 7 nitrogen and oxygen atoms in total. The molecule has 1 saturated heterocycles. The van der Waals surface area contributed by atoms with E-state index >= 15 is 0 Å². The molecule has 0 bridgehead atoms. The molecule has 2 amide bonds. The van der Waals surface area contributed by atoms with Gasteiger partial charge in [-0.15, -0.1) is 0 Å². The van der Waals surface area contributed by atoms with Crippen molar-refractivity contribution >= 4 is 12.0 Å². The zero-order valence-electron chi connectivity index (χ0n) is 18.0. The molecule has 2 unspecified atom stereocenters. The molecule has 2 fully saturated rings. The number of nitrogens with zero attached hydrogens (tertiary/aromatic N) is 1. The fraction of sp³-hybridized carbons (Fsp3) is 0.652. The molecule has 166 valence electrons. The quantitative estimate of drug-likeness (QED) is 0.649. The Morgan fingerprint density at radius 2 is 1.93 bits per heavy atom. The average molecular weight is 419 g/mol. The summed E-state index contributed by atoms with van der Waals surface area (Å²) in [6, 6.07) is 4.94. The number of nitrogens with one attached hydrogen (secondary N) is 1. The van der Waals surface area contributed by atoms with Crippen LogP contribution < -0.4 is 10.1 Å². The molecular weight excluding hydrogens is 384 g/mol. The van der Waals surface area contributed by atoms with Gasteiger partial charge < -0.3 is 25.2 Å². The largest absolute Gasteiger partial charge is 0.504 e. The van der Waals surface area contributed by atoms with Gasteiger partial charge in [-0.2, -0.15) is 0 Å². The van der Waals surface area contributed by atoms with Crippen LogP contribution in [0.4, 0.5) is 4.79 Å². The molecular formula is C23H34N2O5. The van der Waals surface area contributed by atoms with E-state index in [0.29, 0.717) is 37.6 Å². The van der Waals surface area contributed by atoms with Gasteiger partial charge in [0.1, 0.15) is 0 Å². The van der Waals surface area contributed by atoms with Gasteiger partial charge in [0, 0.05) is 25.0 Å². The number of carboxylic acid groups (broad SMARTS) is 1. The van der Waals surface area contributed by atoms with Gasteiger partial charge in [-0.1, -0.05) is 32.3 Å². The lowest BCUT2D eigenvalue weighted by Gasteiger charge is -2.43. The molecule has 1 saturated carbocycles. The Kier molecular flexibility index (Phi) is 7.45. The number of phenols is 1. The van der Waals surface area contributed by atoms with Gasteiger partial charge in [0.2, 0.25) is 5.91 Å². The number of phenolic OH excluding ortho intramolecular Hbond substituents is 1. The number of ether oxygens (including phenoxy) is 1. The maximum Gasteiger partial charge on any atom is 0.407 e. The van der Waals surface area contributed by atoms with Crippen LogP contribution in [0.2, 0.25) is 0 Å². The van der Waals surface area contributed by atoms with Crippen molar-refractivity contribution in [3.8, 4) is 11.5 Å². The van der Waals surface area contributed by atoms with E-state index in [1.807, 2.05) is 0 Å². The number of amides is 2. The molecule has 0 aromatic heterocycles. The maximum absolute atomic E-state index is 12.8. The van der Waals surface area contributed by atoms with Crippen molar-refractivity contribution in [2.45, 2.75) is 64.5 Å². The SMILES string of the molecule is CCC1CCC(C2CC(C(=O)NCc3ccc(O)c(OC)c3)CCN2C(=O)O)CC1. The van der Waals surface area contributed by atoms with E-state index in [0.717, 1.165) is 37.2 Å². The van der Waals surface area contributed by atoms with Crippen LogP contribution >= 0.6 is 0 Å². The molecule has 7 heteroatoms. The van der Waals surface area contributed by atoms with Crippen LogP contribution in [0.5, 0.6) is 11.5 Å². The number of rotatable bonds is 6. The fourth-order valence-corrected chi connectivity index (χ4v) is 5.07. The summed E-state index contributed by atoms with van der Waals surface area (Å²) in [5.74, 6) is 1.34. The summed E-state index contributed by atoms with van der Waals surface area (Å²) in [5.41, 5.74) is 0.843. The number of piperidine rings is 1. The Bertz CT molecular complexity index is 745. The van der Waals surface area contributed by atoms with Crippen LogP contribution in [0.25, 0.3) is 0 Å². The minimum absolute atomic E-state index is 0.0284. The highest BCUT2D eigenvalue weighted by atomic mass is 16.5. The molecule has 0 radical (unpaired) electrons. The third-order valence-electron chi connectivity index (χ3n) is 6.99. The second-order valence-electron chi connectivity index (χ2n) is 8.68. The van der Waals surface area contributed by atoms with Crippen LogP contribution in [0.1, 0.15) is 57.4 Å². The number of carbonyl (C=O) groups excluding carboxylic acids is 1. The first-order valence-electron chi connectivity index (χ1n) is 11.1. The summed E-state index contributed by atoms with van der Waals surface area (Å²) >= 11 is 0. The minimum Gasteiger partial charge on any atom is -0.504 e. The topological polar surface area (TPSA) is 99.1 Å². The molecule has 1 aromatic rings. The van der Waals surface area contributed by atoms with Crippen LogP contribution in [0, 0.1) is 17.8 Å². The van der Waals surface area contributed by atoms with Crippen molar-refractivity contribution in [2.75, 3.05) is 13.7 Å². The normalized spacial score (nSPS) is 26.8. The molecule has 2 atom stereocenters. The molecule has 0 spiro atoms. The summed E-state index contributed by atoms with van der Waals surface area (Å²) in [4.78, 5) is 26.2. The van der Waals surface area contributed by atoms with Gasteiger partial charge in [0.25, 0.3) is 0 Å². The summed E-state index contributed by atoms with van der Waals surface area (Å²) in [6.07, 6.45) is 5.88.